The van der Waals surface area contributed by atoms with Crippen molar-refractivity contribution < 1.29 is 4.79 Å². The lowest BCUT2D eigenvalue weighted by Crippen LogP contribution is -2.28. The van der Waals surface area contributed by atoms with Crippen molar-refractivity contribution in [3.8, 4) is 17.3 Å². The molecule has 7 nitrogen and oxygen atoms in total. The lowest BCUT2D eigenvalue weighted by atomic mass is 9.95. The van der Waals surface area contributed by atoms with Gasteiger partial charge in [-0.2, -0.15) is 10.4 Å². The molecule has 0 radical (unpaired) electrons. The predicted octanol–water partition coefficient (Wildman–Crippen LogP) is 3.11. The molecule has 4 heterocycles. The monoisotopic (exact) mass is 374 g/mol. The Morgan fingerprint density at radius 2 is 2.32 bits per heavy atom. The number of rotatable bonds is 5. The normalized spacial score (nSPS) is 16.6. The third kappa shape index (κ3) is 3.87. The number of carbonyl (C=O) groups is 1. The fourth-order valence-electron chi connectivity index (χ4n) is 3.58. The molecular weight excluding hydrogens is 352 g/mol. The third-order valence-electron chi connectivity index (χ3n) is 5.03. The highest BCUT2D eigenvalue weighted by Crippen LogP contribution is 2.28. The summed E-state index contributed by atoms with van der Waals surface area (Å²) < 4.78 is 1.77. The van der Waals surface area contributed by atoms with E-state index in [0.29, 0.717) is 11.6 Å². The van der Waals surface area contributed by atoms with Gasteiger partial charge in [-0.3, -0.25) is 9.78 Å². The van der Waals surface area contributed by atoms with E-state index in [4.69, 9.17) is 10.2 Å². The van der Waals surface area contributed by atoms with Gasteiger partial charge in [-0.25, -0.2) is 4.52 Å². The zero-order chi connectivity index (χ0) is 19.3. The number of fused-ring (bicyclic) bond motifs is 1. The lowest BCUT2D eigenvalue weighted by molar-refractivity contribution is -0.116. The van der Waals surface area contributed by atoms with Crippen molar-refractivity contribution in [1.29, 1.82) is 5.26 Å². The number of nitrogens with one attached hydrogen (secondary N) is 2. The van der Waals surface area contributed by atoms with Crippen molar-refractivity contribution in [2.75, 3.05) is 18.4 Å². The number of carbonyl (C=O) groups excluding carboxylic acids is 1. The van der Waals surface area contributed by atoms with E-state index in [1.54, 1.807) is 10.6 Å². The van der Waals surface area contributed by atoms with Crippen molar-refractivity contribution >= 4 is 17.1 Å². The van der Waals surface area contributed by atoms with Gasteiger partial charge >= 0.3 is 0 Å². The van der Waals surface area contributed by atoms with Gasteiger partial charge < -0.3 is 10.6 Å². The van der Waals surface area contributed by atoms with Gasteiger partial charge in [-0.05, 0) is 43.7 Å². The van der Waals surface area contributed by atoms with Crippen LogP contribution >= 0.6 is 0 Å². The standard InChI is InChI=1S/C21H22N6O/c22-9-2-7-21(28)25-16-8-11-27-20(12-16)17(14-24-27)19-6-1-5-18(26-19)15-4-3-10-23-13-15/h1,5-6,8,11-12,14-15,23H,2-4,7,10,13H2,(H,25,28). The Balaban J connectivity index is 1.63. The molecular formula is C21H22N6O. The van der Waals surface area contributed by atoms with Crippen LogP contribution in [0.25, 0.3) is 16.8 Å². The zero-order valence-corrected chi connectivity index (χ0v) is 15.6. The van der Waals surface area contributed by atoms with Gasteiger partial charge in [0.25, 0.3) is 0 Å². The molecule has 1 atom stereocenters. The molecule has 0 aliphatic carbocycles. The van der Waals surface area contributed by atoms with Gasteiger partial charge in [0, 0.05) is 48.4 Å². The Morgan fingerprint density at radius 3 is 3.14 bits per heavy atom. The van der Waals surface area contributed by atoms with Gasteiger partial charge in [-0.1, -0.05) is 6.07 Å². The summed E-state index contributed by atoms with van der Waals surface area (Å²) >= 11 is 0. The maximum absolute atomic E-state index is 11.9. The zero-order valence-electron chi connectivity index (χ0n) is 15.6. The molecule has 7 heteroatoms. The van der Waals surface area contributed by atoms with Crippen molar-refractivity contribution in [3.63, 3.8) is 0 Å². The molecule has 1 amide bonds. The van der Waals surface area contributed by atoms with Gasteiger partial charge in [0.2, 0.25) is 5.91 Å². The van der Waals surface area contributed by atoms with Gasteiger partial charge in [0.15, 0.2) is 0 Å². The molecule has 142 valence electrons. The first-order valence-corrected chi connectivity index (χ1v) is 9.57. The molecule has 0 saturated carbocycles. The molecule has 1 unspecified atom stereocenters. The quantitative estimate of drug-likeness (QED) is 0.715. The average molecular weight is 374 g/mol. The fraction of sp³-hybridized carbons (Fsp3) is 0.333. The molecule has 1 saturated heterocycles. The summed E-state index contributed by atoms with van der Waals surface area (Å²) in [7, 11) is 0. The van der Waals surface area contributed by atoms with Crippen LogP contribution < -0.4 is 10.6 Å². The Kier molecular flexibility index (Phi) is 5.31. The Labute approximate surface area is 163 Å². The summed E-state index contributed by atoms with van der Waals surface area (Å²) in [6.07, 6.45) is 6.33. The van der Waals surface area contributed by atoms with Crippen molar-refractivity contribution in [2.24, 2.45) is 0 Å². The minimum atomic E-state index is -0.170. The number of pyridine rings is 2. The lowest BCUT2D eigenvalue weighted by Gasteiger charge is -2.22. The first-order chi connectivity index (χ1) is 13.7. The maximum atomic E-state index is 11.9. The summed E-state index contributed by atoms with van der Waals surface area (Å²) in [6, 6.07) is 11.8. The minimum Gasteiger partial charge on any atom is -0.326 e. The summed E-state index contributed by atoms with van der Waals surface area (Å²) in [6.45, 7) is 2.04. The Hall–Kier alpha value is -3.24. The highest BCUT2D eigenvalue weighted by atomic mass is 16.1. The maximum Gasteiger partial charge on any atom is 0.225 e. The molecule has 1 aliphatic rings. The smallest absolute Gasteiger partial charge is 0.225 e. The topological polar surface area (TPSA) is 95.1 Å². The number of aromatic nitrogens is 3. The molecule has 0 bridgehead atoms. The van der Waals surface area contributed by atoms with E-state index in [0.717, 1.165) is 42.0 Å². The average Bonchev–Trinajstić information content (AvgIpc) is 3.16. The van der Waals surface area contributed by atoms with Crippen LogP contribution in [-0.4, -0.2) is 33.6 Å². The van der Waals surface area contributed by atoms with E-state index < -0.39 is 0 Å². The van der Waals surface area contributed by atoms with Crippen LogP contribution in [0.1, 0.15) is 37.3 Å². The van der Waals surface area contributed by atoms with Gasteiger partial charge in [0.1, 0.15) is 0 Å². The fourth-order valence-corrected chi connectivity index (χ4v) is 3.58. The number of piperidine rings is 1. The predicted molar refractivity (Wildman–Crippen MR) is 107 cm³/mol. The van der Waals surface area contributed by atoms with Crippen molar-refractivity contribution in [3.05, 3.63) is 48.4 Å². The van der Waals surface area contributed by atoms with E-state index >= 15 is 0 Å². The van der Waals surface area contributed by atoms with Crippen LogP contribution in [0, 0.1) is 11.3 Å². The van der Waals surface area contributed by atoms with Crippen molar-refractivity contribution in [1.82, 2.24) is 19.9 Å². The second-order valence-corrected chi connectivity index (χ2v) is 7.00. The molecule has 2 N–H and O–H groups in total. The van der Waals surface area contributed by atoms with E-state index in [1.807, 2.05) is 36.7 Å². The third-order valence-corrected chi connectivity index (χ3v) is 5.03. The first kappa shape index (κ1) is 18.1. The van der Waals surface area contributed by atoms with E-state index in [1.165, 1.54) is 6.42 Å². The summed E-state index contributed by atoms with van der Waals surface area (Å²) in [5.74, 6) is 0.266. The van der Waals surface area contributed by atoms with Crippen LogP contribution in [-0.2, 0) is 4.79 Å². The number of nitrogens with zero attached hydrogens (tertiary/aromatic N) is 4. The number of nitriles is 1. The molecule has 3 aromatic heterocycles. The second kappa shape index (κ2) is 8.19. The molecule has 28 heavy (non-hydrogen) atoms. The van der Waals surface area contributed by atoms with Crippen LogP contribution in [0.15, 0.2) is 42.7 Å². The highest BCUT2D eigenvalue weighted by molar-refractivity contribution is 5.92. The summed E-state index contributed by atoms with van der Waals surface area (Å²) in [5, 5.41) is 19.3. The second-order valence-electron chi connectivity index (χ2n) is 7.00. The number of hydrogen-bond donors (Lipinski definition) is 2. The first-order valence-electron chi connectivity index (χ1n) is 9.57. The molecule has 3 aromatic rings. The summed E-state index contributed by atoms with van der Waals surface area (Å²) in [5.41, 5.74) is 4.48. The van der Waals surface area contributed by atoms with E-state index in [9.17, 15) is 4.79 Å². The van der Waals surface area contributed by atoms with Crippen LogP contribution in [0.3, 0.4) is 0 Å². The molecule has 1 fully saturated rings. The molecule has 1 aliphatic heterocycles. The summed E-state index contributed by atoms with van der Waals surface area (Å²) in [4.78, 5) is 16.8. The number of hydrogen-bond acceptors (Lipinski definition) is 5. The van der Waals surface area contributed by atoms with Crippen LogP contribution in [0.5, 0.6) is 0 Å². The van der Waals surface area contributed by atoms with E-state index in [2.05, 4.69) is 21.8 Å². The number of anilines is 1. The van der Waals surface area contributed by atoms with E-state index in [-0.39, 0.29) is 18.7 Å². The minimum absolute atomic E-state index is 0.170. The molecule has 0 spiro atoms. The van der Waals surface area contributed by atoms with Gasteiger partial charge in [0.05, 0.1) is 23.5 Å². The largest absolute Gasteiger partial charge is 0.326 e. The number of amides is 1. The molecule has 0 aromatic carbocycles. The van der Waals surface area contributed by atoms with Crippen LogP contribution in [0.2, 0.25) is 0 Å². The Bertz CT molecular complexity index is 1030. The van der Waals surface area contributed by atoms with Crippen molar-refractivity contribution in [2.45, 2.75) is 31.6 Å². The van der Waals surface area contributed by atoms with Gasteiger partial charge in [-0.15, -0.1) is 0 Å². The Morgan fingerprint density at radius 1 is 1.39 bits per heavy atom. The SMILES string of the molecule is N#CCCC(=O)Nc1ccn2ncc(-c3cccc(C4CCCNC4)n3)c2c1. The highest BCUT2D eigenvalue weighted by Gasteiger charge is 2.18. The molecule has 4 rings (SSSR count). The van der Waals surface area contributed by atoms with Crippen LogP contribution in [0.4, 0.5) is 5.69 Å².